The zero-order valence-corrected chi connectivity index (χ0v) is 18.1. The molecule has 0 amide bonds. The van der Waals surface area contributed by atoms with Crippen molar-refractivity contribution in [2.75, 3.05) is 0 Å². The second kappa shape index (κ2) is 8.69. The molecule has 6 nitrogen and oxygen atoms in total. The summed E-state index contributed by atoms with van der Waals surface area (Å²) in [6.45, 7) is -0.0829. The number of benzene rings is 2. The standard InChI is InChI=1S/C25H23F2N5O/c1-25(13-14-25)22(17-5-7-19(8-6-17)23-29-31-32(30-23)24(26)27)18-9-11-21(12-10-18)33-16-20-4-2-3-15-28-20/h2-12,15,22,24H,13-14,16H2,1H3. The molecule has 0 N–H and O–H groups in total. The molecule has 0 bridgehead atoms. The minimum atomic E-state index is -2.80. The van der Waals surface area contributed by atoms with Crippen LogP contribution in [-0.4, -0.2) is 25.2 Å². The average Bonchev–Trinajstić information content (AvgIpc) is 3.37. The van der Waals surface area contributed by atoms with E-state index in [-0.39, 0.29) is 17.2 Å². The van der Waals surface area contributed by atoms with Crippen molar-refractivity contribution in [3.8, 4) is 17.1 Å². The molecule has 0 spiro atoms. The molecule has 168 valence electrons. The molecular weight excluding hydrogens is 424 g/mol. The van der Waals surface area contributed by atoms with E-state index >= 15 is 0 Å². The van der Waals surface area contributed by atoms with Crippen LogP contribution in [0.4, 0.5) is 8.78 Å². The van der Waals surface area contributed by atoms with E-state index in [1.165, 1.54) is 11.1 Å². The largest absolute Gasteiger partial charge is 0.487 e. The molecule has 2 aromatic carbocycles. The molecule has 33 heavy (non-hydrogen) atoms. The number of ether oxygens (including phenoxy) is 1. The Morgan fingerprint density at radius 1 is 0.970 bits per heavy atom. The van der Waals surface area contributed by atoms with Crippen molar-refractivity contribution < 1.29 is 13.5 Å². The molecular formula is C25H23F2N5O. The van der Waals surface area contributed by atoms with Crippen LogP contribution in [0.3, 0.4) is 0 Å². The number of hydrogen-bond acceptors (Lipinski definition) is 5. The molecule has 2 aromatic heterocycles. The van der Waals surface area contributed by atoms with Crippen LogP contribution in [0, 0.1) is 5.41 Å². The molecule has 0 aliphatic heterocycles. The van der Waals surface area contributed by atoms with Crippen molar-refractivity contribution in [3.05, 3.63) is 89.7 Å². The van der Waals surface area contributed by atoms with Crippen molar-refractivity contribution in [3.63, 3.8) is 0 Å². The van der Waals surface area contributed by atoms with Gasteiger partial charge in [0.25, 0.3) is 0 Å². The van der Waals surface area contributed by atoms with Gasteiger partial charge in [-0.25, -0.2) is 0 Å². The summed E-state index contributed by atoms with van der Waals surface area (Å²) in [4.78, 5) is 4.60. The second-order valence-corrected chi connectivity index (χ2v) is 8.60. The van der Waals surface area contributed by atoms with E-state index in [9.17, 15) is 8.78 Å². The van der Waals surface area contributed by atoms with Crippen LogP contribution in [-0.2, 0) is 6.61 Å². The van der Waals surface area contributed by atoms with Gasteiger partial charge in [0.05, 0.1) is 5.69 Å². The SMILES string of the molecule is CC1(C(c2ccc(OCc3ccccn3)cc2)c2ccc(-c3nnn(C(F)F)n3)cc2)CC1. The van der Waals surface area contributed by atoms with Gasteiger partial charge < -0.3 is 4.74 Å². The summed E-state index contributed by atoms with van der Waals surface area (Å²) in [5.74, 6) is 1.21. The minimum absolute atomic E-state index is 0.186. The topological polar surface area (TPSA) is 65.7 Å². The molecule has 0 saturated heterocycles. The Kier molecular flexibility index (Phi) is 5.58. The Morgan fingerprint density at radius 2 is 1.67 bits per heavy atom. The monoisotopic (exact) mass is 447 g/mol. The maximum atomic E-state index is 12.7. The number of tetrazole rings is 1. The maximum absolute atomic E-state index is 12.7. The highest BCUT2D eigenvalue weighted by molar-refractivity contribution is 5.55. The lowest BCUT2D eigenvalue weighted by Gasteiger charge is -2.25. The molecule has 1 fully saturated rings. The first-order valence-electron chi connectivity index (χ1n) is 10.8. The van der Waals surface area contributed by atoms with Crippen LogP contribution >= 0.6 is 0 Å². The van der Waals surface area contributed by atoms with Gasteiger partial charge in [0.2, 0.25) is 5.82 Å². The first-order valence-corrected chi connectivity index (χ1v) is 10.8. The van der Waals surface area contributed by atoms with Crippen molar-refractivity contribution in [2.45, 2.75) is 38.8 Å². The Balaban J connectivity index is 1.34. The molecule has 1 aliphatic carbocycles. The zero-order valence-electron chi connectivity index (χ0n) is 18.1. The van der Waals surface area contributed by atoms with Crippen LogP contribution in [0.5, 0.6) is 5.75 Å². The number of rotatable bonds is 8. The molecule has 2 heterocycles. The van der Waals surface area contributed by atoms with E-state index in [0.29, 0.717) is 17.0 Å². The molecule has 5 rings (SSSR count). The minimum Gasteiger partial charge on any atom is -0.487 e. The average molecular weight is 447 g/mol. The van der Waals surface area contributed by atoms with Gasteiger partial charge in [-0.2, -0.15) is 8.78 Å². The van der Waals surface area contributed by atoms with Gasteiger partial charge >= 0.3 is 6.55 Å². The number of hydrogen-bond donors (Lipinski definition) is 0. The summed E-state index contributed by atoms with van der Waals surface area (Å²) >= 11 is 0. The van der Waals surface area contributed by atoms with Gasteiger partial charge in [-0.15, -0.1) is 10.2 Å². The molecule has 1 unspecified atom stereocenters. The Morgan fingerprint density at radius 3 is 2.24 bits per heavy atom. The number of halogens is 2. The van der Waals surface area contributed by atoms with Crippen LogP contribution in [0.15, 0.2) is 72.9 Å². The maximum Gasteiger partial charge on any atom is 0.350 e. The van der Waals surface area contributed by atoms with Gasteiger partial charge in [0.1, 0.15) is 12.4 Å². The van der Waals surface area contributed by atoms with Gasteiger partial charge in [-0.1, -0.05) is 54.2 Å². The number of nitrogens with zero attached hydrogens (tertiary/aromatic N) is 5. The smallest absolute Gasteiger partial charge is 0.350 e. The summed E-state index contributed by atoms with van der Waals surface area (Å²) in [7, 11) is 0. The summed E-state index contributed by atoms with van der Waals surface area (Å²) in [6.07, 6.45) is 4.06. The van der Waals surface area contributed by atoms with E-state index in [0.717, 1.165) is 24.3 Å². The predicted molar refractivity (Wildman–Crippen MR) is 119 cm³/mol. The van der Waals surface area contributed by atoms with E-state index in [4.69, 9.17) is 4.74 Å². The summed E-state index contributed by atoms with van der Waals surface area (Å²) in [5, 5.41) is 10.9. The summed E-state index contributed by atoms with van der Waals surface area (Å²) in [5.41, 5.74) is 4.11. The van der Waals surface area contributed by atoms with Gasteiger partial charge in [0.15, 0.2) is 0 Å². The normalized spacial score (nSPS) is 15.4. The van der Waals surface area contributed by atoms with Crippen molar-refractivity contribution in [2.24, 2.45) is 5.41 Å². The van der Waals surface area contributed by atoms with E-state index in [1.807, 2.05) is 54.6 Å². The summed E-state index contributed by atoms with van der Waals surface area (Å²) in [6, 6.07) is 21.8. The lowest BCUT2D eigenvalue weighted by Crippen LogP contribution is -2.12. The Labute approximate surface area is 190 Å². The van der Waals surface area contributed by atoms with Crippen molar-refractivity contribution in [1.82, 2.24) is 25.2 Å². The van der Waals surface area contributed by atoms with E-state index in [1.54, 1.807) is 6.20 Å². The third-order valence-electron chi connectivity index (χ3n) is 6.17. The number of alkyl halides is 2. The highest BCUT2D eigenvalue weighted by Gasteiger charge is 2.46. The fourth-order valence-corrected chi connectivity index (χ4v) is 4.13. The molecule has 1 aliphatic rings. The zero-order chi connectivity index (χ0) is 22.8. The lowest BCUT2D eigenvalue weighted by molar-refractivity contribution is 0.0397. The molecule has 4 aromatic rings. The van der Waals surface area contributed by atoms with Crippen LogP contribution in [0.1, 0.15) is 49.1 Å². The molecule has 0 radical (unpaired) electrons. The van der Waals surface area contributed by atoms with Gasteiger partial charge in [-0.05, 0) is 58.9 Å². The quantitative estimate of drug-likeness (QED) is 0.350. The van der Waals surface area contributed by atoms with Gasteiger partial charge in [-0.3, -0.25) is 4.98 Å². The van der Waals surface area contributed by atoms with Gasteiger partial charge in [0, 0.05) is 17.7 Å². The molecule has 8 heteroatoms. The molecule has 1 saturated carbocycles. The Hall–Kier alpha value is -3.68. The van der Waals surface area contributed by atoms with E-state index in [2.05, 4.69) is 39.5 Å². The lowest BCUT2D eigenvalue weighted by atomic mass is 9.79. The highest BCUT2D eigenvalue weighted by atomic mass is 19.3. The third-order valence-corrected chi connectivity index (χ3v) is 6.17. The molecule has 1 atom stereocenters. The van der Waals surface area contributed by atoms with Crippen LogP contribution in [0.25, 0.3) is 11.4 Å². The first-order chi connectivity index (χ1) is 16.0. The predicted octanol–water partition coefficient (Wildman–Crippen LogP) is 5.64. The fourth-order valence-electron chi connectivity index (χ4n) is 4.13. The van der Waals surface area contributed by atoms with Crippen molar-refractivity contribution >= 4 is 0 Å². The highest BCUT2D eigenvalue weighted by Crippen LogP contribution is 2.58. The number of pyridine rings is 1. The van der Waals surface area contributed by atoms with Crippen molar-refractivity contribution in [1.29, 1.82) is 0 Å². The first kappa shape index (κ1) is 21.2. The number of aromatic nitrogens is 5. The fraction of sp³-hybridized carbons (Fsp3) is 0.280. The van der Waals surface area contributed by atoms with Crippen LogP contribution < -0.4 is 4.74 Å². The van der Waals surface area contributed by atoms with Crippen LogP contribution in [0.2, 0.25) is 0 Å². The second-order valence-electron chi connectivity index (χ2n) is 8.60. The summed E-state index contributed by atoms with van der Waals surface area (Å²) < 4.78 is 31.4. The third kappa shape index (κ3) is 4.60. The van der Waals surface area contributed by atoms with E-state index < -0.39 is 6.55 Å². The Bertz CT molecular complexity index is 1210.